The molecule has 1 aliphatic carbocycles. The van der Waals surface area contributed by atoms with Crippen LogP contribution in [0.25, 0.3) is 0 Å². The molecule has 38 heavy (non-hydrogen) atoms. The number of rotatable bonds is 8. The zero-order chi connectivity index (χ0) is 27.1. The van der Waals surface area contributed by atoms with E-state index in [2.05, 4.69) is 20.5 Å². The van der Waals surface area contributed by atoms with Crippen molar-refractivity contribution in [2.24, 2.45) is 11.8 Å². The van der Waals surface area contributed by atoms with Gasteiger partial charge < -0.3 is 20.3 Å². The van der Waals surface area contributed by atoms with Gasteiger partial charge in [0.25, 0.3) is 0 Å². The van der Waals surface area contributed by atoms with Crippen LogP contribution in [0.3, 0.4) is 0 Å². The lowest BCUT2D eigenvalue weighted by atomic mass is 9.84. The summed E-state index contributed by atoms with van der Waals surface area (Å²) in [5, 5.41) is 6.39. The summed E-state index contributed by atoms with van der Waals surface area (Å²) >= 11 is 0. The molecule has 2 fully saturated rings. The van der Waals surface area contributed by atoms with Gasteiger partial charge in [-0.3, -0.25) is 9.69 Å². The number of benzene rings is 1. The van der Waals surface area contributed by atoms with E-state index in [1.54, 1.807) is 0 Å². The van der Waals surface area contributed by atoms with Crippen molar-refractivity contribution in [3.63, 3.8) is 0 Å². The van der Waals surface area contributed by atoms with Crippen LogP contribution in [0.4, 0.5) is 30.6 Å². The van der Waals surface area contributed by atoms with Gasteiger partial charge in [-0.2, -0.15) is 4.98 Å². The van der Waals surface area contributed by atoms with Crippen LogP contribution in [0.2, 0.25) is 0 Å². The van der Waals surface area contributed by atoms with Gasteiger partial charge in [-0.15, -0.1) is 0 Å². The fourth-order valence-electron chi connectivity index (χ4n) is 5.80. The second-order valence-corrected chi connectivity index (χ2v) is 11.1. The van der Waals surface area contributed by atoms with Crippen LogP contribution in [0.5, 0.6) is 0 Å². The standard InChI is InChI=1S/C27H35F3N6O2/c1-14(2)24-26(37)33-23-15(3)31-27(34-25(23)35(24)4)32-18-9-19(10-18)36(11-16-5-6-38-13-16)12-17-7-20(28)22(30)21(29)8-17/h7-8,14,16,18-19,24H,5-6,9-13H2,1-4H3,(H,33,37)(H,31,32,34)/t16?,18?,19?,24-/m0/s1. The zero-order valence-electron chi connectivity index (χ0n) is 22.2. The van der Waals surface area contributed by atoms with Crippen molar-refractivity contribution in [3.05, 3.63) is 40.8 Å². The van der Waals surface area contributed by atoms with Gasteiger partial charge in [-0.05, 0) is 55.7 Å². The number of halogens is 3. The highest BCUT2D eigenvalue weighted by atomic mass is 19.2. The van der Waals surface area contributed by atoms with E-state index in [9.17, 15) is 18.0 Å². The van der Waals surface area contributed by atoms with Gasteiger partial charge in [-0.1, -0.05) is 13.8 Å². The molecule has 1 amide bonds. The third-order valence-electron chi connectivity index (χ3n) is 7.88. The maximum absolute atomic E-state index is 13.9. The van der Waals surface area contributed by atoms with Gasteiger partial charge in [0.15, 0.2) is 23.3 Å². The minimum absolute atomic E-state index is 0.0575. The fraction of sp³-hybridized carbons (Fsp3) is 0.593. The Morgan fingerprint density at radius 3 is 2.55 bits per heavy atom. The lowest BCUT2D eigenvalue weighted by Gasteiger charge is -2.44. The largest absolute Gasteiger partial charge is 0.381 e. The maximum Gasteiger partial charge on any atom is 0.247 e. The van der Waals surface area contributed by atoms with E-state index >= 15 is 0 Å². The molecule has 8 nitrogen and oxygen atoms in total. The second-order valence-electron chi connectivity index (χ2n) is 11.1. The molecule has 2 aromatic rings. The van der Waals surface area contributed by atoms with Crippen molar-refractivity contribution in [1.82, 2.24) is 14.9 Å². The molecule has 1 unspecified atom stereocenters. The van der Waals surface area contributed by atoms with Crippen LogP contribution in [0.15, 0.2) is 12.1 Å². The minimum Gasteiger partial charge on any atom is -0.381 e. The molecule has 1 saturated carbocycles. The van der Waals surface area contributed by atoms with Gasteiger partial charge >= 0.3 is 0 Å². The van der Waals surface area contributed by atoms with Gasteiger partial charge in [-0.25, -0.2) is 18.2 Å². The number of nitrogens with zero attached hydrogens (tertiary/aromatic N) is 4. The van der Waals surface area contributed by atoms with Crippen LogP contribution in [0, 0.1) is 36.2 Å². The quantitative estimate of drug-likeness (QED) is 0.496. The number of carbonyl (C=O) groups excluding carboxylic acids is 1. The number of ether oxygens (including phenoxy) is 1. The topological polar surface area (TPSA) is 82.6 Å². The van der Waals surface area contributed by atoms with Crippen molar-refractivity contribution in [1.29, 1.82) is 0 Å². The van der Waals surface area contributed by atoms with Gasteiger partial charge in [0.1, 0.15) is 11.7 Å². The molecule has 1 saturated heterocycles. The molecule has 1 aromatic heterocycles. The van der Waals surface area contributed by atoms with E-state index in [1.165, 1.54) is 0 Å². The molecular formula is C27H35F3N6O2. The molecule has 5 rings (SSSR count). The first kappa shape index (κ1) is 26.7. The highest BCUT2D eigenvalue weighted by molar-refractivity contribution is 6.03. The van der Waals surface area contributed by atoms with E-state index in [0.29, 0.717) is 47.8 Å². The van der Waals surface area contributed by atoms with Crippen LogP contribution in [-0.2, 0) is 16.1 Å². The molecule has 1 aromatic carbocycles. The summed E-state index contributed by atoms with van der Waals surface area (Å²) in [6.45, 7) is 8.32. The first-order valence-corrected chi connectivity index (χ1v) is 13.2. The smallest absolute Gasteiger partial charge is 0.247 e. The monoisotopic (exact) mass is 532 g/mol. The lowest BCUT2D eigenvalue weighted by molar-refractivity contribution is -0.118. The first-order chi connectivity index (χ1) is 18.1. The number of nitrogens with one attached hydrogen (secondary N) is 2. The predicted molar refractivity (Wildman–Crippen MR) is 139 cm³/mol. The van der Waals surface area contributed by atoms with Crippen molar-refractivity contribution in [3.8, 4) is 0 Å². The maximum atomic E-state index is 13.9. The summed E-state index contributed by atoms with van der Waals surface area (Å²) in [6.07, 6.45) is 2.56. The molecular weight excluding hydrogens is 497 g/mol. The number of aromatic nitrogens is 2. The second kappa shape index (κ2) is 10.7. The normalized spacial score (nSPS) is 25.0. The van der Waals surface area contributed by atoms with E-state index in [-0.39, 0.29) is 30.0 Å². The fourth-order valence-corrected chi connectivity index (χ4v) is 5.80. The molecule has 0 bridgehead atoms. The molecule has 11 heteroatoms. The number of hydrogen-bond donors (Lipinski definition) is 2. The highest BCUT2D eigenvalue weighted by Gasteiger charge is 2.38. The van der Waals surface area contributed by atoms with E-state index in [0.717, 1.165) is 44.5 Å². The summed E-state index contributed by atoms with van der Waals surface area (Å²) < 4.78 is 46.7. The van der Waals surface area contributed by atoms with Crippen LogP contribution in [0.1, 0.15) is 44.4 Å². The Bertz CT molecular complexity index is 1180. The minimum atomic E-state index is -1.44. The number of fused-ring (bicyclic) bond motifs is 1. The number of anilines is 3. The van der Waals surface area contributed by atoms with Crippen molar-refractivity contribution >= 4 is 23.4 Å². The van der Waals surface area contributed by atoms with Crippen molar-refractivity contribution < 1.29 is 22.7 Å². The Morgan fingerprint density at radius 2 is 1.92 bits per heavy atom. The number of aryl methyl sites for hydroxylation is 1. The van der Waals surface area contributed by atoms with Gasteiger partial charge in [0.2, 0.25) is 11.9 Å². The number of amides is 1. The summed E-state index contributed by atoms with van der Waals surface area (Å²) in [5.74, 6) is -2.17. The third kappa shape index (κ3) is 5.31. The highest BCUT2D eigenvalue weighted by Crippen LogP contribution is 2.36. The summed E-state index contributed by atoms with van der Waals surface area (Å²) in [6, 6.07) is 2.16. The predicted octanol–water partition coefficient (Wildman–Crippen LogP) is 4.10. The molecule has 2 aliphatic heterocycles. The molecule has 2 N–H and O–H groups in total. The Morgan fingerprint density at radius 1 is 1.21 bits per heavy atom. The Labute approximate surface area is 221 Å². The average molecular weight is 533 g/mol. The van der Waals surface area contributed by atoms with Gasteiger partial charge in [0.05, 0.1) is 12.3 Å². The van der Waals surface area contributed by atoms with Crippen molar-refractivity contribution in [2.75, 3.05) is 42.3 Å². The number of likely N-dealkylation sites (N-methyl/N-ethyl adjacent to an activating group) is 1. The first-order valence-electron chi connectivity index (χ1n) is 13.2. The Hall–Kier alpha value is -2.92. The Kier molecular flexibility index (Phi) is 7.50. The van der Waals surface area contributed by atoms with Crippen LogP contribution in [-0.4, -0.2) is 65.7 Å². The SMILES string of the molecule is Cc1nc(NC2CC(N(Cc3cc(F)c(F)c(F)c3)CC3CCOC3)C2)nc2c1NC(=O)[C@H](C(C)C)N2C. The lowest BCUT2D eigenvalue weighted by Crippen LogP contribution is -2.51. The third-order valence-corrected chi connectivity index (χ3v) is 7.88. The average Bonchev–Trinajstić information content (AvgIpc) is 3.33. The summed E-state index contributed by atoms with van der Waals surface area (Å²) in [5.41, 5.74) is 1.74. The van der Waals surface area contributed by atoms with E-state index in [4.69, 9.17) is 9.72 Å². The molecule has 3 heterocycles. The number of hydrogen-bond acceptors (Lipinski definition) is 7. The van der Waals surface area contributed by atoms with Gasteiger partial charge in [0, 0.05) is 38.8 Å². The van der Waals surface area contributed by atoms with Crippen LogP contribution < -0.4 is 15.5 Å². The Balaban J connectivity index is 1.27. The molecule has 3 aliphatic rings. The number of carbonyl (C=O) groups is 1. The molecule has 0 radical (unpaired) electrons. The molecule has 2 atom stereocenters. The molecule has 206 valence electrons. The van der Waals surface area contributed by atoms with Crippen LogP contribution >= 0.6 is 0 Å². The summed E-state index contributed by atoms with van der Waals surface area (Å²) in [7, 11) is 1.88. The van der Waals surface area contributed by atoms with E-state index in [1.807, 2.05) is 32.7 Å². The molecule has 0 spiro atoms. The van der Waals surface area contributed by atoms with E-state index < -0.39 is 17.5 Å². The zero-order valence-corrected chi connectivity index (χ0v) is 22.2. The van der Waals surface area contributed by atoms with Crippen molar-refractivity contribution in [2.45, 2.75) is 64.7 Å². The summed E-state index contributed by atoms with van der Waals surface area (Å²) in [4.78, 5) is 26.0.